The first kappa shape index (κ1) is 25.7. The van der Waals surface area contributed by atoms with Gasteiger partial charge in [0.25, 0.3) is 11.5 Å². The van der Waals surface area contributed by atoms with E-state index in [0.29, 0.717) is 40.7 Å². The van der Waals surface area contributed by atoms with Gasteiger partial charge in [-0.25, -0.2) is 4.79 Å². The number of halogens is 2. The summed E-state index contributed by atoms with van der Waals surface area (Å²) in [5.41, 5.74) is -1.03. The molecule has 0 bridgehead atoms. The molecule has 3 aromatic rings. The third-order valence-electron chi connectivity index (χ3n) is 5.89. The molecule has 0 spiro atoms. The van der Waals surface area contributed by atoms with Crippen molar-refractivity contribution in [2.45, 2.75) is 26.3 Å². The van der Waals surface area contributed by atoms with Crippen LogP contribution < -0.4 is 11.2 Å². The quantitative estimate of drug-likeness (QED) is 0.453. The van der Waals surface area contributed by atoms with Gasteiger partial charge in [0.1, 0.15) is 0 Å². The average molecular weight is 531 g/mol. The number of hydrogen-bond acceptors (Lipinski definition) is 6. The zero-order valence-electron chi connectivity index (χ0n) is 19.5. The van der Waals surface area contributed by atoms with Crippen LogP contribution >= 0.6 is 23.2 Å². The van der Waals surface area contributed by atoms with Crippen LogP contribution in [0.5, 0.6) is 0 Å². The number of ether oxygens (including phenoxy) is 1. The maximum absolute atomic E-state index is 13.5. The lowest BCUT2D eigenvalue weighted by Crippen LogP contribution is -2.49. The molecular weight excluding hydrogens is 507 g/mol. The molecule has 2 aromatic carbocycles. The molecule has 9 nitrogen and oxygen atoms in total. The fourth-order valence-electron chi connectivity index (χ4n) is 4.12. The molecule has 11 heteroatoms. The van der Waals surface area contributed by atoms with Gasteiger partial charge >= 0.3 is 11.7 Å². The van der Waals surface area contributed by atoms with Crippen molar-refractivity contribution < 1.29 is 14.3 Å². The van der Waals surface area contributed by atoms with Crippen LogP contribution in [0, 0.1) is 5.92 Å². The molecule has 2 heterocycles. The Hall–Kier alpha value is -3.43. The first-order chi connectivity index (χ1) is 17.3. The van der Waals surface area contributed by atoms with Crippen LogP contribution in [-0.2, 0) is 16.1 Å². The van der Waals surface area contributed by atoms with Crippen molar-refractivity contribution in [2.24, 2.45) is 5.92 Å². The number of rotatable bonds is 6. The van der Waals surface area contributed by atoms with E-state index < -0.39 is 28.8 Å². The molecule has 0 unspecified atom stereocenters. The number of benzene rings is 2. The highest BCUT2D eigenvalue weighted by Gasteiger charge is 2.32. The molecule has 1 amide bonds. The summed E-state index contributed by atoms with van der Waals surface area (Å²) in [6.45, 7) is 2.30. The van der Waals surface area contributed by atoms with Gasteiger partial charge in [-0.2, -0.15) is 9.78 Å². The van der Waals surface area contributed by atoms with Gasteiger partial charge in [0, 0.05) is 23.1 Å². The maximum atomic E-state index is 13.5. The summed E-state index contributed by atoms with van der Waals surface area (Å²) >= 11 is 12.1. The third-order valence-corrected chi connectivity index (χ3v) is 6.38. The summed E-state index contributed by atoms with van der Waals surface area (Å²) in [5.74, 6) is -1.53. The van der Waals surface area contributed by atoms with E-state index in [1.807, 2.05) is 0 Å². The second-order valence-electron chi connectivity index (χ2n) is 8.38. The van der Waals surface area contributed by atoms with E-state index in [0.717, 1.165) is 9.25 Å². The van der Waals surface area contributed by atoms with Gasteiger partial charge in [0.05, 0.1) is 24.8 Å². The third kappa shape index (κ3) is 5.52. The van der Waals surface area contributed by atoms with Crippen LogP contribution in [0.4, 0.5) is 0 Å². The first-order valence-electron chi connectivity index (χ1n) is 11.5. The van der Waals surface area contributed by atoms with Crippen LogP contribution in [0.1, 0.15) is 35.8 Å². The van der Waals surface area contributed by atoms with Crippen molar-refractivity contribution >= 4 is 35.1 Å². The summed E-state index contributed by atoms with van der Waals surface area (Å²) < 4.78 is 7.06. The standard InChI is InChI=1S/C25H24Cl2N4O5/c1-2-36-24(34)17-6-4-12-29(15-17)22(32)21-23(33)30(14-16-5-3-7-19(27)13-16)25(35)31(28-21)20-10-8-18(26)9-11-20/h3,5,7-11,13,17H,2,4,6,12,14-15H2,1H3/t17-/m0/s1. The minimum atomic E-state index is -0.826. The van der Waals surface area contributed by atoms with E-state index in [4.69, 9.17) is 27.9 Å². The normalized spacial score (nSPS) is 15.5. The fraction of sp³-hybridized carbons (Fsp3) is 0.320. The smallest absolute Gasteiger partial charge is 0.352 e. The number of likely N-dealkylation sites (tertiary alicyclic amines) is 1. The van der Waals surface area contributed by atoms with Crippen molar-refractivity contribution in [3.05, 3.63) is 90.7 Å². The lowest BCUT2D eigenvalue weighted by molar-refractivity contribution is -0.149. The number of carbonyl (C=O) groups is 2. The molecule has 0 saturated carbocycles. The predicted molar refractivity (Wildman–Crippen MR) is 135 cm³/mol. The number of nitrogens with zero attached hydrogens (tertiary/aromatic N) is 4. The molecule has 1 fully saturated rings. The van der Waals surface area contributed by atoms with Crippen LogP contribution in [0.15, 0.2) is 58.1 Å². The number of carbonyl (C=O) groups excluding carboxylic acids is 2. The largest absolute Gasteiger partial charge is 0.466 e. The maximum Gasteiger partial charge on any atom is 0.352 e. The van der Waals surface area contributed by atoms with Crippen LogP contribution in [0.25, 0.3) is 5.69 Å². The molecule has 0 aliphatic carbocycles. The Morgan fingerprint density at radius 1 is 1.08 bits per heavy atom. The highest BCUT2D eigenvalue weighted by atomic mass is 35.5. The number of aromatic nitrogens is 3. The van der Waals surface area contributed by atoms with Gasteiger partial charge in [-0.15, -0.1) is 0 Å². The number of amides is 1. The van der Waals surface area contributed by atoms with Gasteiger partial charge in [0.15, 0.2) is 0 Å². The van der Waals surface area contributed by atoms with Gasteiger partial charge in [-0.05, 0) is 61.7 Å². The molecular formula is C25H24Cl2N4O5. The molecule has 1 atom stereocenters. The number of hydrogen-bond donors (Lipinski definition) is 0. The zero-order valence-corrected chi connectivity index (χ0v) is 21.0. The summed E-state index contributed by atoms with van der Waals surface area (Å²) in [4.78, 5) is 53.9. The molecule has 1 aliphatic rings. The van der Waals surface area contributed by atoms with Crippen LogP contribution in [-0.4, -0.2) is 50.8 Å². The van der Waals surface area contributed by atoms with E-state index >= 15 is 0 Å². The van der Waals surface area contributed by atoms with Crippen LogP contribution in [0.2, 0.25) is 10.0 Å². The van der Waals surface area contributed by atoms with Crippen molar-refractivity contribution in [3.8, 4) is 5.69 Å². The zero-order chi connectivity index (χ0) is 25.8. The monoisotopic (exact) mass is 530 g/mol. The molecule has 0 radical (unpaired) electrons. The minimum absolute atomic E-state index is 0.104. The molecule has 188 valence electrons. The Balaban J connectivity index is 1.78. The number of esters is 1. The van der Waals surface area contributed by atoms with Gasteiger partial charge < -0.3 is 9.64 Å². The molecule has 36 heavy (non-hydrogen) atoms. The summed E-state index contributed by atoms with van der Waals surface area (Å²) in [7, 11) is 0. The summed E-state index contributed by atoms with van der Waals surface area (Å²) in [5, 5.41) is 5.07. The highest BCUT2D eigenvalue weighted by molar-refractivity contribution is 6.30. The molecule has 1 aliphatic heterocycles. The first-order valence-corrected chi connectivity index (χ1v) is 12.2. The van der Waals surface area contributed by atoms with Gasteiger partial charge in [-0.3, -0.25) is 19.0 Å². The lowest BCUT2D eigenvalue weighted by Gasteiger charge is -2.31. The fourth-order valence-corrected chi connectivity index (χ4v) is 4.46. The average Bonchev–Trinajstić information content (AvgIpc) is 2.87. The summed E-state index contributed by atoms with van der Waals surface area (Å²) in [6.07, 6.45) is 1.15. The van der Waals surface area contributed by atoms with E-state index in [-0.39, 0.29) is 25.7 Å². The highest BCUT2D eigenvalue weighted by Crippen LogP contribution is 2.19. The molecule has 4 rings (SSSR count). The minimum Gasteiger partial charge on any atom is -0.466 e. The predicted octanol–water partition coefficient (Wildman–Crippen LogP) is 3.16. The van der Waals surface area contributed by atoms with E-state index in [1.54, 1.807) is 55.5 Å². The Morgan fingerprint density at radius 3 is 2.53 bits per heavy atom. The van der Waals surface area contributed by atoms with Crippen LogP contribution in [0.3, 0.4) is 0 Å². The Kier molecular flexibility index (Phi) is 7.91. The number of piperidine rings is 1. The van der Waals surface area contributed by atoms with Gasteiger partial charge in [-0.1, -0.05) is 35.3 Å². The van der Waals surface area contributed by atoms with Gasteiger partial charge in [0.2, 0.25) is 5.69 Å². The topological polar surface area (TPSA) is 104 Å². The van der Waals surface area contributed by atoms with E-state index in [2.05, 4.69) is 5.10 Å². The Labute approximate surface area is 216 Å². The van der Waals surface area contributed by atoms with Crippen molar-refractivity contribution in [1.82, 2.24) is 19.2 Å². The second-order valence-corrected chi connectivity index (χ2v) is 9.26. The van der Waals surface area contributed by atoms with E-state index in [1.165, 1.54) is 4.90 Å². The lowest BCUT2D eigenvalue weighted by atomic mass is 9.98. The summed E-state index contributed by atoms with van der Waals surface area (Å²) in [6, 6.07) is 13.0. The van der Waals surface area contributed by atoms with Crippen molar-refractivity contribution in [3.63, 3.8) is 0 Å². The molecule has 1 saturated heterocycles. The molecule has 0 N–H and O–H groups in total. The molecule has 1 aromatic heterocycles. The second kappa shape index (κ2) is 11.1. The van der Waals surface area contributed by atoms with Crippen molar-refractivity contribution in [2.75, 3.05) is 19.7 Å². The van der Waals surface area contributed by atoms with E-state index in [9.17, 15) is 19.2 Å². The Morgan fingerprint density at radius 2 is 1.83 bits per heavy atom. The SMILES string of the molecule is CCOC(=O)[C@H]1CCCN(C(=O)c2nn(-c3ccc(Cl)cc3)c(=O)n(Cc3cccc(Cl)c3)c2=O)C1. The van der Waals surface area contributed by atoms with Crippen molar-refractivity contribution in [1.29, 1.82) is 0 Å². The Bertz CT molecular complexity index is 1400.